The molecule has 0 aliphatic rings. The molecule has 0 bridgehead atoms. The number of allylic oxidation sites excluding steroid dienone is 1. The number of hydrogen-bond acceptors (Lipinski definition) is 1. The maximum atomic E-state index is 6.27. The number of unbranched alkanes of at least 4 members (excludes halogenated alkanes) is 1. The molecule has 0 amide bonds. The molecule has 0 aliphatic heterocycles. The SMILES string of the molecule is CCCC[C@@H](C)[C@H](/C=C/CO[Si](C)(C)C(C)(C)C)C(C)(C)C. The van der Waals surface area contributed by atoms with E-state index in [1.54, 1.807) is 0 Å². The summed E-state index contributed by atoms with van der Waals surface area (Å²) in [4.78, 5) is 0. The predicted molar refractivity (Wildman–Crippen MR) is 104 cm³/mol. The lowest BCUT2D eigenvalue weighted by atomic mass is 9.72. The van der Waals surface area contributed by atoms with Gasteiger partial charge in [-0.1, -0.05) is 86.8 Å². The van der Waals surface area contributed by atoms with E-state index in [0.717, 1.165) is 12.5 Å². The fourth-order valence-electron chi connectivity index (χ4n) is 2.71. The minimum Gasteiger partial charge on any atom is -0.413 e. The highest BCUT2D eigenvalue weighted by molar-refractivity contribution is 6.74. The van der Waals surface area contributed by atoms with Crippen LogP contribution in [0.15, 0.2) is 12.2 Å². The molecule has 0 aliphatic carbocycles. The van der Waals surface area contributed by atoms with Crippen molar-refractivity contribution in [1.82, 2.24) is 0 Å². The first-order chi connectivity index (χ1) is 9.83. The Morgan fingerprint density at radius 1 is 1.05 bits per heavy atom. The first-order valence-electron chi connectivity index (χ1n) is 9.13. The third kappa shape index (κ3) is 7.46. The van der Waals surface area contributed by atoms with Crippen molar-refractivity contribution in [3.05, 3.63) is 12.2 Å². The maximum Gasteiger partial charge on any atom is 0.192 e. The lowest BCUT2D eigenvalue weighted by Gasteiger charge is -2.36. The van der Waals surface area contributed by atoms with Crippen LogP contribution in [0.4, 0.5) is 0 Å². The molecule has 0 aromatic rings. The van der Waals surface area contributed by atoms with E-state index in [0.29, 0.717) is 16.4 Å². The molecule has 132 valence electrons. The van der Waals surface area contributed by atoms with Gasteiger partial charge in [0.25, 0.3) is 0 Å². The summed E-state index contributed by atoms with van der Waals surface area (Å²) in [7, 11) is -1.62. The van der Waals surface area contributed by atoms with E-state index in [4.69, 9.17) is 4.43 Å². The Morgan fingerprint density at radius 3 is 2.00 bits per heavy atom. The zero-order chi connectivity index (χ0) is 17.6. The number of hydrogen-bond donors (Lipinski definition) is 0. The standard InChI is InChI=1S/C20H42OSi/c1-11-12-14-17(2)18(19(3,4)5)15-13-16-21-22(9,10)20(6,7)8/h13,15,17-18H,11-12,14,16H2,1-10H3/b15-13+/t17-,18+/m1/s1. The van der Waals surface area contributed by atoms with Crippen molar-refractivity contribution in [1.29, 1.82) is 0 Å². The van der Waals surface area contributed by atoms with E-state index in [1.807, 2.05) is 0 Å². The molecule has 0 aromatic carbocycles. The van der Waals surface area contributed by atoms with E-state index in [-0.39, 0.29) is 0 Å². The summed E-state index contributed by atoms with van der Waals surface area (Å²) in [6.07, 6.45) is 8.65. The average Bonchev–Trinajstić information content (AvgIpc) is 2.32. The Bertz CT molecular complexity index is 331. The van der Waals surface area contributed by atoms with Crippen molar-refractivity contribution in [2.24, 2.45) is 17.3 Å². The molecule has 0 spiro atoms. The summed E-state index contributed by atoms with van der Waals surface area (Å²) < 4.78 is 6.27. The van der Waals surface area contributed by atoms with Crippen LogP contribution < -0.4 is 0 Å². The van der Waals surface area contributed by atoms with Gasteiger partial charge >= 0.3 is 0 Å². The second-order valence-electron chi connectivity index (χ2n) is 9.51. The van der Waals surface area contributed by atoms with Crippen LogP contribution in [0.25, 0.3) is 0 Å². The second-order valence-corrected chi connectivity index (χ2v) is 14.3. The minimum absolute atomic E-state index is 0.290. The van der Waals surface area contributed by atoms with E-state index < -0.39 is 8.32 Å². The Kier molecular flexibility index (Phi) is 8.65. The zero-order valence-corrected chi connectivity index (χ0v) is 18.0. The van der Waals surface area contributed by atoms with Gasteiger partial charge < -0.3 is 4.43 Å². The molecule has 0 heterocycles. The molecule has 0 saturated heterocycles. The third-order valence-corrected chi connectivity index (χ3v) is 9.82. The summed E-state index contributed by atoms with van der Waals surface area (Å²) in [5.41, 5.74) is 0.320. The zero-order valence-electron chi connectivity index (χ0n) is 17.0. The van der Waals surface area contributed by atoms with Crippen LogP contribution in [-0.4, -0.2) is 14.9 Å². The lowest BCUT2D eigenvalue weighted by molar-refractivity contribution is 0.206. The summed E-state index contributed by atoms with van der Waals surface area (Å²) >= 11 is 0. The van der Waals surface area contributed by atoms with Crippen LogP contribution in [0.1, 0.15) is 74.7 Å². The normalized spacial score (nSPS) is 17.0. The van der Waals surface area contributed by atoms with Crippen molar-refractivity contribution in [2.75, 3.05) is 6.61 Å². The van der Waals surface area contributed by atoms with E-state index >= 15 is 0 Å². The van der Waals surface area contributed by atoms with Crippen molar-refractivity contribution in [2.45, 2.75) is 92.8 Å². The highest BCUT2D eigenvalue weighted by Gasteiger charge is 2.36. The van der Waals surface area contributed by atoms with E-state index in [1.165, 1.54) is 19.3 Å². The molecule has 2 atom stereocenters. The molecule has 1 nitrogen and oxygen atoms in total. The Morgan fingerprint density at radius 2 is 1.59 bits per heavy atom. The van der Waals surface area contributed by atoms with Gasteiger partial charge in [0.1, 0.15) is 0 Å². The fraction of sp³-hybridized carbons (Fsp3) is 0.900. The van der Waals surface area contributed by atoms with Crippen LogP contribution in [0, 0.1) is 17.3 Å². The second kappa shape index (κ2) is 8.68. The smallest absolute Gasteiger partial charge is 0.192 e. The third-order valence-electron chi connectivity index (χ3n) is 5.32. The topological polar surface area (TPSA) is 9.23 Å². The van der Waals surface area contributed by atoms with Gasteiger partial charge in [0.2, 0.25) is 0 Å². The van der Waals surface area contributed by atoms with Gasteiger partial charge in [-0.05, 0) is 35.4 Å². The summed E-state index contributed by atoms with van der Waals surface area (Å²) in [6.45, 7) is 24.1. The van der Waals surface area contributed by atoms with Gasteiger partial charge in [-0.3, -0.25) is 0 Å². The monoisotopic (exact) mass is 326 g/mol. The van der Waals surface area contributed by atoms with Gasteiger partial charge in [-0.2, -0.15) is 0 Å². The maximum absolute atomic E-state index is 6.27. The Labute approximate surface area is 142 Å². The van der Waals surface area contributed by atoms with Crippen LogP contribution in [0.5, 0.6) is 0 Å². The predicted octanol–water partition coefficient (Wildman–Crippen LogP) is 7.05. The van der Waals surface area contributed by atoms with Crippen molar-refractivity contribution < 1.29 is 4.43 Å². The van der Waals surface area contributed by atoms with Gasteiger partial charge in [-0.25, -0.2) is 0 Å². The van der Waals surface area contributed by atoms with E-state index in [9.17, 15) is 0 Å². The lowest BCUT2D eigenvalue weighted by Crippen LogP contribution is -2.40. The van der Waals surface area contributed by atoms with Gasteiger partial charge in [0.15, 0.2) is 8.32 Å². The summed E-state index contributed by atoms with van der Waals surface area (Å²) in [5, 5.41) is 0.290. The molecular formula is C20H42OSi. The van der Waals surface area contributed by atoms with Gasteiger partial charge in [0.05, 0.1) is 6.61 Å². The van der Waals surface area contributed by atoms with Crippen LogP contribution in [-0.2, 0) is 4.43 Å². The summed E-state index contributed by atoms with van der Waals surface area (Å²) in [5.74, 6) is 1.37. The van der Waals surface area contributed by atoms with Crippen LogP contribution >= 0.6 is 0 Å². The average molecular weight is 327 g/mol. The molecule has 0 aromatic heterocycles. The summed E-state index contributed by atoms with van der Waals surface area (Å²) in [6, 6.07) is 0. The largest absolute Gasteiger partial charge is 0.413 e. The van der Waals surface area contributed by atoms with Crippen molar-refractivity contribution in [3.8, 4) is 0 Å². The van der Waals surface area contributed by atoms with Gasteiger partial charge in [-0.15, -0.1) is 0 Å². The molecule has 0 fully saturated rings. The van der Waals surface area contributed by atoms with Crippen LogP contribution in [0.3, 0.4) is 0 Å². The van der Waals surface area contributed by atoms with Crippen molar-refractivity contribution in [3.63, 3.8) is 0 Å². The highest BCUT2D eigenvalue weighted by atomic mass is 28.4. The molecule has 2 heteroatoms. The molecule has 0 rings (SSSR count). The molecule has 0 unspecified atom stereocenters. The molecule has 0 radical (unpaired) electrons. The fourth-order valence-corrected chi connectivity index (χ4v) is 3.66. The first kappa shape index (κ1) is 21.9. The quantitative estimate of drug-likeness (QED) is 0.343. The van der Waals surface area contributed by atoms with Crippen LogP contribution in [0.2, 0.25) is 18.1 Å². The molecule has 0 N–H and O–H groups in total. The molecule has 22 heavy (non-hydrogen) atoms. The Hall–Kier alpha value is -0.0831. The highest BCUT2D eigenvalue weighted by Crippen LogP contribution is 2.37. The van der Waals surface area contributed by atoms with Crippen molar-refractivity contribution >= 4 is 8.32 Å². The minimum atomic E-state index is -1.62. The Balaban J connectivity index is 4.69. The molecular weight excluding hydrogens is 284 g/mol. The number of rotatable bonds is 8. The molecule has 0 saturated carbocycles. The first-order valence-corrected chi connectivity index (χ1v) is 12.0. The van der Waals surface area contributed by atoms with E-state index in [2.05, 4.69) is 80.6 Å². The van der Waals surface area contributed by atoms with Gasteiger partial charge in [0, 0.05) is 0 Å².